The Kier molecular flexibility index (Phi) is 8.12. The van der Waals surface area contributed by atoms with Gasteiger partial charge in [0.1, 0.15) is 6.04 Å². The molecule has 0 aromatic heterocycles. The molecule has 6 atom stereocenters. The lowest BCUT2D eigenvalue weighted by molar-refractivity contribution is -0.142. The summed E-state index contributed by atoms with van der Waals surface area (Å²) in [7, 11) is 0. The van der Waals surface area contributed by atoms with Crippen LogP contribution in [0.2, 0.25) is 5.02 Å². The van der Waals surface area contributed by atoms with Crippen LogP contribution in [0.3, 0.4) is 0 Å². The van der Waals surface area contributed by atoms with E-state index in [1.165, 1.54) is 0 Å². The molecule has 5 rings (SSSR count). The van der Waals surface area contributed by atoms with Gasteiger partial charge in [-0.1, -0.05) is 42.0 Å². The molecule has 2 aromatic carbocycles. The Bertz CT molecular complexity index is 1350. The number of rotatable bonds is 10. The molecule has 3 saturated heterocycles. The van der Waals surface area contributed by atoms with Crippen molar-refractivity contribution in [2.45, 2.75) is 48.3 Å². The zero-order valence-corrected chi connectivity index (χ0v) is 25.0. The number of anilines is 2. The molecule has 1 spiro atoms. The predicted octanol–water partition coefficient (Wildman–Crippen LogP) is 4.94. The summed E-state index contributed by atoms with van der Waals surface area (Å²) in [4.78, 5) is 48.4. The van der Waals surface area contributed by atoms with Crippen LogP contribution in [-0.2, 0) is 14.4 Å². The molecule has 0 aliphatic carbocycles. The number of nitrogens with zero attached hydrogens (tertiary/aromatic N) is 3. The number of benzene rings is 2. The first-order chi connectivity index (χ1) is 19.6. The third-order valence-electron chi connectivity index (χ3n) is 8.82. The highest BCUT2D eigenvalue weighted by molar-refractivity contribution is 8.02. The summed E-state index contributed by atoms with van der Waals surface area (Å²) in [5, 5.41) is 10.8. The van der Waals surface area contributed by atoms with Crippen molar-refractivity contribution in [3.63, 3.8) is 0 Å². The molecule has 2 bridgehead atoms. The average Bonchev–Trinajstić information content (AvgIpc) is 3.55. The lowest BCUT2D eigenvalue weighted by Gasteiger charge is -2.39. The van der Waals surface area contributed by atoms with E-state index in [0.29, 0.717) is 30.1 Å². The molecule has 3 aliphatic heterocycles. The lowest BCUT2D eigenvalue weighted by atomic mass is 9.66. The van der Waals surface area contributed by atoms with Gasteiger partial charge in [-0.2, -0.15) is 0 Å². The Hall–Kier alpha value is -3.07. The van der Waals surface area contributed by atoms with Gasteiger partial charge in [-0.3, -0.25) is 14.4 Å². The minimum atomic E-state index is -0.855. The Labute approximate surface area is 250 Å². The van der Waals surface area contributed by atoms with E-state index in [0.717, 1.165) is 5.69 Å². The Morgan fingerprint density at radius 1 is 1.05 bits per heavy atom. The molecule has 3 fully saturated rings. The number of hydrogen-bond donors (Lipinski definition) is 1. The van der Waals surface area contributed by atoms with Gasteiger partial charge in [-0.05, 0) is 63.1 Å². The quantitative estimate of drug-likeness (QED) is 0.395. The van der Waals surface area contributed by atoms with Crippen molar-refractivity contribution in [1.29, 1.82) is 0 Å². The fourth-order valence-corrected chi connectivity index (χ4v) is 9.49. The highest BCUT2D eigenvalue weighted by atomic mass is 35.5. The minimum absolute atomic E-state index is 0.142. The van der Waals surface area contributed by atoms with Gasteiger partial charge in [-0.25, -0.2) is 0 Å². The Morgan fingerprint density at radius 3 is 2.22 bits per heavy atom. The smallest absolute Gasteiger partial charge is 0.251 e. The van der Waals surface area contributed by atoms with Gasteiger partial charge in [-0.15, -0.1) is 24.9 Å². The van der Waals surface area contributed by atoms with Crippen LogP contribution in [0.5, 0.6) is 0 Å². The van der Waals surface area contributed by atoms with Gasteiger partial charge in [0, 0.05) is 34.2 Å². The fraction of sp³-hybridized carbons (Fsp3) is 0.406. The monoisotopic (exact) mass is 593 g/mol. The van der Waals surface area contributed by atoms with Crippen molar-refractivity contribution < 1.29 is 19.5 Å². The molecule has 7 nitrogen and oxygen atoms in total. The van der Waals surface area contributed by atoms with Gasteiger partial charge in [0.05, 0.1) is 29.2 Å². The molecule has 3 amide bonds. The van der Waals surface area contributed by atoms with Crippen LogP contribution in [0.25, 0.3) is 0 Å². The number of para-hydroxylation sites is 1. The second kappa shape index (κ2) is 11.3. The third kappa shape index (κ3) is 4.70. The third-order valence-corrected chi connectivity index (χ3v) is 11.1. The molecular weight excluding hydrogens is 558 g/mol. The maximum atomic E-state index is 14.6. The molecular formula is C32H36ClN3O4S. The van der Waals surface area contributed by atoms with E-state index in [-0.39, 0.29) is 30.9 Å². The predicted molar refractivity (Wildman–Crippen MR) is 165 cm³/mol. The van der Waals surface area contributed by atoms with Gasteiger partial charge in [0.15, 0.2) is 0 Å². The first kappa shape index (κ1) is 29.4. The van der Waals surface area contributed by atoms with E-state index in [1.807, 2.05) is 30.3 Å². The van der Waals surface area contributed by atoms with Crippen molar-refractivity contribution in [2.24, 2.45) is 11.8 Å². The second-order valence-electron chi connectivity index (χ2n) is 11.3. The van der Waals surface area contributed by atoms with Crippen LogP contribution in [0, 0.1) is 11.8 Å². The van der Waals surface area contributed by atoms with E-state index in [2.05, 4.69) is 20.1 Å². The van der Waals surface area contributed by atoms with Gasteiger partial charge in [0.2, 0.25) is 11.8 Å². The number of carbonyl (C=O) groups excluding carboxylic acids is 3. The molecule has 0 radical (unpaired) electrons. The number of halogens is 1. The number of amides is 3. The second-order valence-corrected chi connectivity index (χ2v) is 13.6. The van der Waals surface area contributed by atoms with Crippen LogP contribution in [0.15, 0.2) is 79.9 Å². The molecule has 2 aromatic rings. The average molecular weight is 594 g/mol. The number of aliphatic hydroxyl groups is 1. The first-order valence-corrected chi connectivity index (χ1v) is 15.1. The van der Waals surface area contributed by atoms with Crippen molar-refractivity contribution in [3.8, 4) is 0 Å². The van der Waals surface area contributed by atoms with Crippen LogP contribution in [0.1, 0.15) is 26.7 Å². The lowest BCUT2D eigenvalue weighted by Crippen LogP contribution is -2.57. The summed E-state index contributed by atoms with van der Waals surface area (Å²) < 4.78 is -1.34. The van der Waals surface area contributed by atoms with Crippen LogP contribution < -0.4 is 9.80 Å². The van der Waals surface area contributed by atoms with E-state index < -0.39 is 33.4 Å². The van der Waals surface area contributed by atoms with Crippen molar-refractivity contribution in [2.75, 3.05) is 29.5 Å². The molecule has 9 heteroatoms. The van der Waals surface area contributed by atoms with Gasteiger partial charge >= 0.3 is 0 Å². The maximum Gasteiger partial charge on any atom is 0.251 e. The summed E-state index contributed by atoms with van der Waals surface area (Å²) in [6, 6.07) is 14.9. The first-order valence-electron chi connectivity index (χ1n) is 13.9. The highest BCUT2D eigenvalue weighted by Gasteiger charge is 2.78. The van der Waals surface area contributed by atoms with Gasteiger partial charge < -0.3 is 19.8 Å². The minimum Gasteiger partial charge on any atom is -0.394 e. The summed E-state index contributed by atoms with van der Waals surface area (Å²) >= 11 is 7.74. The number of thioether (sulfide) groups is 1. The Morgan fingerprint density at radius 2 is 1.63 bits per heavy atom. The zero-order valence-electron chi connectivity index (χ0n) is 23.4. The van der Waals surface area contributed by atoms with Crippen LogP contribution in [-0.4, -0.2) is 69.0 Å². The highest BCUT2D eigenvalue weighted by Crippen LogP contribution is 2.72. The molecule has 0 saturated carbocycles. The number of likely N-dealkylation sites (tertiary alicyclic amines) is 1. The Balaban J connectivity index is 1.60. The number of carbonyl (C=O) groups is 3. The number of aliphatic hydroxyl groups excluding tert-OH is 1. The topological polar surface area (TPSA) is 81.2 Å². The van der Waals surface area contributed by atoms with Gasteiger partial charge in [0.25, 0.3) is 5.91 Å². The largest absolute Gasteiger partial charge is 0.394 e. The molecule has 3 heterocycles. The number of fused-ring (bicyclic) bond motifs is 1. The van der Waals surface area contributed by atoms with Crippen LogP contribution in [0.4, 0.5) is 11.4 Å². The summed E-state index contributed by atoms with van der Waals surface area (Å²) in [6.07, 6.45) is 4.65. The molecule has 1 N–H and O–H groups in total. The fourth-order valence-electron chi connectivity index (χ4n) is 7.03. The standard InChI is InChI=1S/C32H36ClN3O4S/c1-5-18-34(23-10-8-7-9-11-23)28(38)25-26-29(39)36(21(3)20-37)27(32(26)17-16-31(25,4)41-32)30(40)35(19-6-2)24-14-12-22(33)13-15-24/h5-15,21,25-27,37H,1-2,16-20H2,3-4H3/t21-,25+,26+,27?,31-,32?/m1/s1. The van der Waals surface area contributed by atoms with Crippen LogP contribution >= 0.6 is 23.4 Å². The zero-order chi connectivity index (χ0) is 29.5. The van der Waals surface area contributed by atoms with Crippen molar-refractivity contribution in [1.82, 2.24) is 4.90 Å². The van der Waals surface area contributed by atoms with Crippen molar-refractivity contribution in [3.05, 3.63) is 84.9 Å². The van der Waals surface area contributed by atoms with E-state index in [1.54, 1.807) is 69.8 Å². The summed E-state index contributed by atoms with van der Waals surface area (Å²) in [5.41, 5.74) is 1.38. The van der Waals surface area contributed by atoms with E-state index >= 15 is 0 Å². The molecule has 41 heavy (non-hydrogen) atoms. The number of hydrogen-bond acceptors (Lipinski definition) is 5. The summed E-state index contributed by atoms with van der Waals surface area (Å²) in [5.74, 6) is -1.98. The van der Waals surface area contributed by atoms with E-state index in [4.69, 9.17) is 11.6 Å². The molecule has 3 aliphatic rings. The maximum absolute atomic E-state index is 14.6. The normalized spacial score (nSPS) is 28.7. The van der Waals surface area contributed by atoms with Crippen molar-refractivity contribution >= 4 is 52.5 Å². The van der Waals surface area contributed by atoms with E-state index in [9.17, 15) is 19.5 Å². The molecule has 216 valence electrons. The molecule has 2 unspecified atom stereocenters. The summed E-state index contributed by atoms with van der Waals surface area (Å²) in [6.45, 7) is 11.8. The SMILES string of the molecule is C=CCN(C(=O)C1N([C@H](C)CO)C(=O)[C@@H]2[C@@H](C(=O)N(CC=C)c3ccccc3)[C@@]3(C)CCC12S3)c1ccc(Cl)cc1.